The summed E-state index contributed by atoms with van der Waals surface area (Å²) in [5.74, 6) is -0.535. The van der Waals surface area contributed by atoms with E-state index >= 15 is 0 Å². The first-order valence-corrected chi connectivity index (χ1v) is 7.31. The van der Waals surface area contributed by atoms with Crippen LogP contribution in [0.1, 0.15) is 10.4 Å². The Morgan fingerprint density at radius 2 is 1.67 bits per heavy atom. The second-order valence-electron chi connectivity index (χ2n) is 4.52. The maximum absolute atomic E-state index is 12.8. The fourth-order valence-electron chi connectivity index (χ4n) is 1.97. The number of halogens is 1. The molecule has 0 unspecified atom stereocenters. The predicted molar refractivity (Wildman–Crippen MR) is 84.1 cm³/mol. The van der Waals surface area contributed by atoms with Gasteiger partial charge in [0.1, 0.15) is 5.82 Å². The van der Waals surface area contributed by atoms with Crippen LogP contribution in [-0.4, -0.2) is 5.91 Å². The molecule has 4 heteroatoms. The Morgan fingerprint density at radius 1 is 0.952 bits per heavy atom. The molecule has 0 spiro atoms. The van der Waals surface area contributed by atoms with Crippen molar-refractivity contribution in [3.63, 3.8) is 0 Å². The van der Waals surface area contributed by atoms with Crippen molar-refractivity contribution < 1.29 is 9.18 Å². The van der Waals surface area contributed by atoms with E-state index in [2.05, 4.69) is 5.32 Å². The average Bonchev–Trinajstić information content (AvgIpc) is 3.04. The summed E-state index contributed by atoms with van der Waals surface area (Å²) >= 11 is 1.66. The third-order valence-corrected chi connectivity index (χ3v) is 3.97. The molecule has 1 aromatic heterocycles. The van der Waals surface area contributed by atoms with Crippen molar-refractivity contribution in [2.45, 2.75) is 0 Å². The Balaban J connectivity index is 1.74. The number of anilines is 1. The van der Waals surface area contributed by atoms with E-state index < -0.39 is 0 Å². The number of nitrogens with one attached hydrogen (secondary N) is 1. The molecule has 0 saturated heterocycles. The van der Waals surface area contributed by atoms with Crippen LogP contribution in [-0.2, 0) is 0 Å². The maximum atomic E-state index is 12.8. The highest BCUT2D eigenvalue weighted by molar-refractivity contribution is 7.13. The average molecular weight is 297 g/mol. The maximum Gasteiger partial charge on any atom is 0.255 e. The van der Waals surface area contributed by atoms with Crippen molar-refractivity contribution in [2.24, 2.45) is 0 Å². The molecule has 21 heavy (non-hydrogen) atoms. The molecule has 104 valence electrons. The molecule has 0 aliphatic heterocycles. The molecular weight excluding hydrogens is 285 g/mol. The monoisotopic (exact) mass is 297 g/mol. The first kappa shape index (κ1) is 13.5. The van der Waals surface area contributed by atoms with Crippen LogP contribution < -0.4 is 5.32 Å². The molecule has 3 rings (SSSR count). The second kappa shape index (κ2) is 5.89. The summed E-state index contributed by atoms with van der Waals surface area (Å²) < 4.78 is 12.8. The lowest BCUT2D eigenvalue weighted by molar-refractivity contribution is 0.102. The largest absolute Gasteiger partial charge is 0.322 e. The first-order valence-electron chi connectivity index (χ1n) is 6.43. The molecule has 0 aliphatic rings. The van der Waals surface area contributed by atoms with Crippen LogP contribution in [0.4, 0.5) is 10.1 Å². The molecule has 2 aromatic carbocycles. The van der Waals surface area contributed by atoms with E-state index in [1.807, 2.05) is 29.6 Å². The predicted octanol–water partition coefficient (Wildman–Crippen LogP) is 4.81. The summed E-state index contributed by atoms with van der Waals surface area (Å²) in [6.45, 7) is 0. The molecule has 1 N–H and O–H groups in total. The van der Waals surface area contributed by atoms with Gasteiger partial charge in [0.2, 0.25) is 0 Å². The van der Waals surface area contributed by atoms with Crippen LogP contribution in [0.5, 0.6) is 0 Å². The van der Waals surface area contributed by atoms with E-state index in [-0.39, 0.29) is 11.7 Å². The lowest BCUT2D eigenvalue weighted by Crippen LogP contribution is -2.11. The summed E-state index contributed by atoms with van der Waals surface area (Å²) in [7, 11) is 0. The zero-order valence-electron chi connectivity index (χ0n) is 11.0. The van der Waals surface area contributed by atoms with Gasteiger partial charge in [0, 0.05) is 16.1 Å². The van der Waals surface area contributed by atoms with Crippen molar-refractivity contribution in [1.29, 1.82) is 0 Å². The van der Waals surface area contributed by atoms with Crippen molar-refractivity contribution in [3.8, 4) is 10.4 Å². The Labute approximate surface area is 125 Å². The minimum absolute atomic E-state index is 0.209. The summed E-state index contributed by atoms with van der Waals surface area (Å²) in [6, 6.07) is 17.2. The third-order valence-electron chi connectivity index (χ3n) is 3.05. The first-order chi connectivity index (χ1) is 10.2. The molecule has 2 nitrogen and oxygen atoms in total. The highest BCUT2D eigenvalue weighted by atomic mass is 32.1. The number of rotatable bonds is 3. The fraction of sp³-hybridized carbons (Fsp3) is 0. The second-order valence-corrected chi connectivity index (χ2v) is 5.46. The Morgan fingerprint density at radius 3 is 2.29 bits per heavy atom. The molecule has 1 heterocycles. The van der Waals surface area contributed by atoms with Crippen molar-refractivity contribution in [2.75, 3.05) is 5.32 Å². The van der Waals surface area contributed by atoms with Gasteiger partial charge in [-0.2, -0.15) is 0 Å². The summed E-state index contributed by atoms with van der Waals surface area (Å²) in [6.07, 6.45) is 0. The van der Waals surface area contributed by atoms with Crippen LogP contribution in [0.2, 0.25) is 0 Å². The number of hydrogen-bond acceptors (Lipinski definition) is 2. The number of benzene rings is 2. The van der Waals surface area contributed by atoms with Crippen LogP contribution >= 0.6 is 11.3 Å². The van der Waals surface area contributed by atoms with E-state index in [1.165, 1.54) is 29.1 Å². The van der Waals surface area contributed by atoms with Crippen LogP contribution in [0.15, 0.2) is 66.0 Å². The SMILES string of the molecule is O=C(Nc1ccc(F)cc1)c1ccc(-c2cccs2)cc1. The number of carbonyl (C=O) groups excluding carboxylic acids is 1. The smallest absolute Gasteiger partial charge is 0.255 e. The normalized spacial score (nSPS) is 10.3. The minimum atomic E-state index is -0.326. The van der Waals surface area contributed by atoms with Crippen molar-refractivity contribution in [3.05, 3.63) is 77.4 Å². The Kier molecular flexibility index (Phi) is 3.79. The van der Waals surface area contributed by atoms with Gasteiger partial charge in [-0.3, -0.25) is 4.79 Å². The van der Waals surface area contributed by atoms with Gasteiger partial charge in [0.15, 0.2) is 0 Å². The molecular formula is C17H12FNOS. The Hall–Kier alpha value is -2.46. The van der Waals surface area contributed by atoms with Crippen LogP contribution in [0.3, 0.4) is 0 Å². The number of carbonyl (C=O) groups is 1. The number of amides is 1. The van der Waals surface area contributed by atoms with Gasteiger partial charge < -0.3 is 5.32 Å². The van der Waals surface area contributed by atoms with Gasteiger partial charge in [-0.15, -0.1) is 11.3 Å². The lowest BCUT2D eigenvalue weighted by atomic mass is 10.1. The van der Waals surface area contributed by atoms with E-state index in [1.54, 1.807) is 23.5 Å². The fourth-order valence-corrected chi connectivity index (χ4v) is 2.70. The Bertz CT molecular complexity index is 733. The number of hydrogen-bond donors (Lipinski definition) is 1. The molecule has 0 aliphatic carbocycles. The van der Waals surface area contributed by atoms with E-state index in [0.29, 0.717) is 11.3 Å². The van der Waals surface area contributed by atoms with Crippen LogP contribution in [0.25, 0.3) is 10.4 Å². The topological polar surface area (TPSA) is 29.1 Å². The summed E-state index contributed by atoms with van der Waals surface area (Å²) in [5.41, 5.74) is 2.23. The molecule has 0 saturated carbocycles. The molecule has 3 aromatic rings. The van der Waals surface area contributed by atoms with Crippen molar-refractivity contribution >= 4 is 22.9 Å². The van der Waals surface area contributed by atoms with E-state index in [4.69, 9.17) is 0 Å². The third kappa shape index (κ3) is 3.17. The highest BCUT2D eigenvalue weighted by Crippen LogP contribution is 2.24. The zero-order chi connectivity index (χ0) is 14.7. The van der Waals surface area contributed by atoms with Crippen LogP contribution in [0, 0.1) is 5.82 Å². The van der Waals surface area contributed by atoms with Gasteiger partial charge >= 0.3 is 0 Å². The van der Waals surface area contributed by atoms with Gasteiger partial charge in [0.05, 0.1) is 0 Å². The molecule has 1 amide bonds. The van der Waals surface area contributed by atoms with Gasteiger partial charge in [-0.1, -0.05) is 18.2 Å². The van der Waals surface area contributed by atoms with E-state index in [9.17, 15) is 9.18 Å². The zero-order valence-corrected chi connectivity index (χ0v) is 11.9. The quantitative estimate of drug-likeness (QED) is 0.738. The summed E-state index contributed by atoms with van der Waals surface area (Å²) in [4.78, 5) is 13.3. The standard InChI is InChI=1S/C17H12FNOS/c18-14-7-9-15(10-8-14)19-17(20)13-5-3-12(4-6-13)16-2-1-11-21-16/h1-11H,(H,19,20). The van der Waals surface area contributed by atoms with Crippen molar-refractivity contribution in [1.82, 2.24) is 0 Å². The van der Waals surface area contributed by atoms with Gasteiger partial charge in [-0.05, 0) is 53.4 Å². The van der Waals surface area contributed by atoms with Gasteiger partial charge in [0.25, 0.3) is 5.91 Å². The lowest BCUT2D eigenvalue weighted by Gasteiger charge is -2.06. The summed E-state index contributed by atoms with van der Waals surface area (Å²) in [5, 5.41) is 4.75. The molecule has 0 radical (unpaired) electrons. The molecule has 0 fully saturated rings. The van der Waals surface area contributed by atoms with Gasteiger partial charge in [-0.25, -0.2) is 4.39 Å². The molecule has 0 bridgehead atoms. The minimum Gasteiger partial charge on any atom is -0.322 e. The number of thiophene rings is 1. The molecule has 0 atom stereocenters. The highest BCUT2D eigenvalue weighted by Gasteiger charge is 2.07. The van der Waals surface area contributed by atoms with E-state index in [0.717, 1.165) is 5.56 Å².